The van der Waals surface area contributed by atoms with Crippen LogP contribution in [0.3, 0.4) is 0 Å². The van der Waals surface area contributed by atoms with Gasteiger partial charge in [-0.1, -0.05) is 18.2 Å². The lowest BCUT2D eigenvalue weighted by Crippen LogP contribution is -2.35. The fourth-order valence-corrected chi connectivity index (χ4v) is 3.77. The number of aryl methyl sites for hydroxylation is 1. The number of amides is 1. The van der Waals surface area contributed by atoms with Crippen molar-refractivity contribution in [3.05, 3.63) is 59.2 Å². The molecule has 0 radical (unpaired) electrons. The minimum atomic E-state index is 0.199. The van der Waals surface area contributed by atoms with Crippen molar-refractivity contribution in [2.45, 2.75) is 25.8 Å². The van der Waals surface area contributed by atoms with Gasteiger partial charge in [0.05, 0.1) is 25.9 Å². The van der Waals surface area contributed by atoms with E-state index in [9.17, 15) is 4.79 Å². The maximum Gasteiger partial charge on any atom is 0.222 e. The third-order valence-corrected chi connectivity index (χ3v) is 5.51. The van der Waals surface area contributed by atoms with Crippen LogP contribution in [0, 0.1) is 11.3 Å². The van der Waals surface area contributed by atoms with Crippen LogP contribution >= 0.6 is 0 Å². The van der Waals surface area contributed by atoms with Gasteiger partial charge < -0.3 is 14.4 Å². The molecule has 0 N–H and O–H groups in total. The summed E-state index contributed by atoms with van der Waals surface area (Å²) in [6, 6.07) is 15.7. The number of nitriles is 1. The Bertz CT molecular complexity index is 890. The standard InChI is InChI=1S/C24H29N3O3/c1-29-22-10-8-19(16-23(22)30-2)9-11-24(28)27-13-3-12-26(14-15-27)18-21-6-4-20(17-25)5-7-21/h4-8,10,16H,3,9,11-15,18H2,1-2H3. The van der Waals surface area contributed by atoms with E-state index in [0.717, 1.165) is 44.7 Å². The molecule has 0 unspecified atom stereocenters. The van der Waals surface area contributed by atoms with E-state index in [1.165, 1.54) is 5.56 Å². The molecule has 0 aliphatic carbocycles. The van der Waals surface area contributed by atoms with Crippen LogP contribution in [0.2, 0.25) is 0 Å². The largest absolute Gasteiger partial charge is 0.493 e. The predicted molar refractivity (Wildman–Crippen MR) is 115 cm³/mol. The zero-order chi connectivity index (χ0) is 21.3. The normalized spacial score (nSPS) is 14.6. The smallest absolute Gasteiger partial charge is 0.222 e. The van der Waals surface area contributed by atoms with Crippen molar-refractivity contribution in [3.8, 4) is 17.6 Å². The highest BCUT2D eigenvalue weighted by Crippen LogP contribution is 2.28. The van der Waals surface area contributed by atoms with E-state index in [-0.39, 0.29) is 5.91 Å². The third-order valence-electron chi connectivity index (χ3n) is 5.51. The molecule has 3 rings (SSSR count). The van der Waals surface area contributed by atoms with Gasteiger partial charge in [0.1, 0.15) is 0 Å². The van der Waals surface area contributed by atoms with E-state index < -0.39 is 0 Å². The van der Waals surface area contributed by atoms with E-state index in [1.807, 2.05) is 47.4 Å². The number of rotatable bonds is 7. The van der Waals surface area contributed by atoms with Crippen LogP contribution < -0.4 is 9.47 Å². The Morgan fingerprint density at radius 2 is 1.70 bits per heavy atom. The molecule has 0 atom stereocenters. The Morgan fingerprint density at radius 3 is 2.40 bits per heavy atom. The van der Waals surface area contributed by atoms with Crippen LogP contribution in [0.5, 0.6) is 11.5 Å². The Balaban J connectivity index is 1.49. The van der Waals surface area contributed by atoms with Crippen LogP contribution in [0.1, 0.15) is 29.5 Å². The topological polar surface area (TPSA) is 65.8 Å². The second kappa shape index (κ2) is 10.7. The highest BCUT2D eigenvalue weighted by molar-refractivity contribution is 5.76. The monoisotopic (exact) mass is 407 g/mol. The number of benzene rings is 2. The van der Waals surface area contributed by atoms with Gasteiger partial charge in [-0.2, -0.15) is 5.26 Å². The van der Waals surface area contributed by atoms with Gasteiger partial charge in [-0.3, -0.25) is 9.69 Å². The second-order valence-electron chi connectivity index (χ2n) is 7.51. The van der Waals surface area contributed by atoms with Gasteiger partial charge in [-0.05, 0) is 48.2 Å². The van der Waals surface area contributed by atoms with Gasteiger partial charge in [0.2, 0.25) is 5.91 Å². The van der Waals surface area contributed by atoms with Crippen molar-refractivity contribution in [1.29, 1.82) is 5.26 Å². The van der Waals surface area contributed by atoms with Crippen molar-refractivity contribution in [1.82, 2.24) is 9.80 Å². The van der Waals surface area contributed by atoms with Crippen LogP contribution in [0.15, 0.2) is 42.5 Å². The Labute approximate surface area is 178 Å². The van der Waals surface area contributed by atoms with Crippen molar-refractivity contribution < 1.29 is 14.3 Å². The minimum absolute atomic E-state index is 0.199. The van der Waals surface area contributed by atoms with Gasteiger partial charge >= 0.3 is 0 Å². The van der Waals surface area contributed by atoms with Crippen LogP contribution in [-0.2, 0) is 17.8 Å². The van der Waals surface area contributed by atoms with E-state index in [4.69, 9.17) is 14.7 Å². The van der Waals surface area contributed by atoms with E-state index >= 15 is 0 Å². The molecule has 0 saturated carbocycles. The highest BCUT2D eigenvalue weighted by Gasteiger charge is 2.19. The molecule has 1 heterocycles. The summed E-state index contributed by atoms with van der Waals surface area (Å²) in [4.78, 5) is 17.1. The van der Waals surface area contributed by atoms with Crippen molar-refractivity contribution in [3.63, 3.8) is 0 Å². The molecule has 158 valence electrons. The first-order valence-corrected chi connectivity index (χ1v) is 10.3. The fraction of sp³-hybridized carbons (Fsp3) is 0.417. The molecule has 30 heavy (non-hydrogen) atoms. The van der Waals surface area contributed by atoms with Crippen molar-refractivity contribution >= 4 is 5.91 Å². The zero-order valence-corrected chi connectivity index (χ0v) is 17.8. The minimum Gasteiger partial charge on any atom is -0.493 e. The molecule has 6 heteroatoms. The average Bonchev–Trinajstić information content (AvgIpc) is 3.03. The number of hydrogen-bond donors (Lipinski definition) is 0. The SMILES string of the molecule is COc1ccc(CCC(=O)N2CCCN(Cc3ccc(C#N)cc3)CC2)cc1OC. The molecular formula is C24H29N3O3. The fourth-order valence-electron chi connectivity index (χ4n) is 3.77. The van der Waals surface area contributed by atoms with Crippen LogP contribution in [-0.4, -0.2) is 56.1 Å². The molecule has 0 aromatic heterocycles. The van der Waals surface area contributed by atoms with E-state index in [0.29, 0.717) is 29.9 Å². The van der Waals surface area contributed by atoms with Gasteiger partial charge in [-0.15, -0.1) is 0 Å². The number of ether oxygens (including phenoxy) is 2. The molecule has 1 amide bonds. The van der Waals surface area contributed by atoms with Crippen molar-refractivity contribution in [2.24, 2.45) is 0 Å². The van der Waals surface area contributed by atoms with Gasteiger partial charge in [0, 0.05) is 39.1 Å². The highest BCUT2D eigenvalue weighted by atomic mass is 16.5. The molecule has 2 aromatic rings. The number of methoxy groups -OCH3 is 2. The third kappa shape index (κ3) is 5.74. The van der Waals surface area contributed by atoms with Gasteiger partial charge in [0.25, 0.3) is 0 Å². The molecule has 1 aliphatic rings. The van der Waals surface area contributed by atoms with Gasteiger partial charge in [-0.25, -0.2) is 0 Å². The summed E-state index contributed by atoms with van der Waals surface area (Å²) in [6.07, 6.45) is 2.15. The Morgan fingerprint density at radius 1 is 0.967 bits per heavy atom. The first-order chi connectivity index (χ1) is 14.6. The maximum absolute atomic E-state index is 12.8. The summed E-state index contributed by atoms with van der Waals surface area (Å²) < 4.78 is 10.6. The molecule has 2 aromatic carbocycles. The number of nitrogens with zero attached hydrogens (tertiary/aromatic N) is 3. The number of carbonyl (C=O) groups excluding carboxylic acids is 1. The Kier molecular flexibility index (Phi) is 7.69. The van der Waals surface area contributed by atoms with E-state index in [2.05, 4.69) is 11.0 Å². The lowest BCUT2D eigenvalue weighted by Gasteiger charge is -2.22. The molecule has 0 spiro atoms. The number of carbonyl (C=O) groups is 1. The zero-order valence-electron chi connectivity index (χ0n) is 17.8. The Hall–Kier alpha value is -3.04. The molecular weight excluding hydrogens is 378 g/mol. The van der Waals surface area contributed by atoms with Crippen molar-refractivity contribution in [2.75, 3.05) is 40.4 Å². The molecule has 1 aliphatic heterocycles. The summed E-state index contributed by atoms with van der Waals surface area (Å²) in [5.74, 6) is 1.59. The maximum atomic E-state index is 12.8. The number of hydrogen-bond acceptors (Lipinski definition) is 5. The summed E-state index contributed by atoms with van der Waals surface area (Å²) >= 11 is 0. The first kappa shape index (κ1) is 21.7. The first-order valence-electron chi connectivity index (χ1n) is 10.3. The summed E-state index contributed by atoms with van der Waals surface area (Å²) in [7, 11) is 3.23. The molecule has 0 bridgehead atoms. The van der Waals surface area contributed by atoms with Gasteiger partial charge in [0.15, 0.2) is 11.5 Å². The summed E-state index contributed by atoms with van der Waals surface area (Å²) in [6.45, 7) is 4.23. The van der Waals surface area contributed by atoms with Crippen LogP contribution in [0.4, 0.5) is 0 Å². The summed E-state index contributed by atoms with van der Waals surface area (Å²) in [5.41, 5.74) is 2.95. The molecule has 6 nitrogen and oxygen atoms in total. The molecule has 1 saturated heterocycles. The summed E-state index contributed by atoms with van der Waals surface area (Å²) in [5, 5.41) is 8.92. The lowest BCUT2D eigenvalue weighted by atomic mass is 10.1. The average molecular weight is 408 g/mol. The second-order valence-corrected chi connectivity index (χ2v) is 7.51. The van der Waals surface area contributed by atoms with Crippen LogP contribution in [0.25, 0.3) is 0 Å². The predicted octanol–water partition coefficient (Wildman–Crippen LogP) is 3.24. The molecule has 1 fully saturated rings. The van der Waals surface area contributed by atoms with E-state index in [1.54, 1.807) is 14.2 Å². The lowest BCUT2D eigenvalue weighted by molar-refractivity contribution is -0.131. The quantitative estimate of drug-likeness (QED) is 0.705.